The quantitative estimate of drug-likeness (QED) is 0.223. The zero-order valence-electron chi connectivity index (χ0n) is 24.9. The summed E-state index contributed by atoms with van der Waals surface area (Å²) in [4.78, 5) is 20.4. The smallest absolute Gasteiger partial charge is 0.267 e. The van der Waals surface area contributed by atoms with Crippen LogP contribution in [0.1, 0.15) is 36.1 Å². The van der Waals surface area contributed by atoms with Crippen molar-refractivity contribution in [2.75, 3.05) is 41.2 Å². The van der Waals surface area contributed by atoms with Crippen LogP contribution in [0.3, 0.4) is 0 Å². The number of rotatable bonds is 9. The van der Waals surface area contributed by atoms with Crippen molar-refractivity contribution < 1.29 is 26.3 Å². The molecule has 4 heterocycles. The molecule has 1 saturated heterocycles. The molecule has 1 unspecified atom stereocenters. The van der Waals surface area contributed by atoms with E-state index in [9.17, 15) is 21.6 Å². The van der Waals surface area contributed by atoms with Crippen molar-refractivity contribution in [3.05, 3.63) is 82.1 Å². The number of sulfonamides is 1. The lowest BCUT2D eigenvalue weighted by molar-refractivity contribution is 0.122. The van der Waals surface area contributed by atoms with E-state index in [1.165, 1.54) is 23.5 Å². The molecule has 0 amide bonds. The molecule has 2 N–H and O–H groups in total. The van der Waals surface area contributed by atoms with Crippen LogP contribution >= 0.6 is 11.3 Å². The summed E-state index contributed by atoms with van der Waals surface area (Å²) in [5.74, 6) is -2.60. The highest BCUT2D eigenvalue weighted by Crippen LogP contribution is 2.36. The fraction of sp³-hybridized carbons (Fsp3) is 0.290. The van der Waals surface area contributed by atoms with Crippen molar-refractivity contribution in [3.63, 3.8) is 0 Å². The molecule has 4 aromatic rings. The number of aliphatic imine (C=N–C) groups is 2. The minimum Gasteiger partial charge on any atom is -0.378 e. The molecule has 240 valence electrons. The molecule has 46 heavy (non-hydrogen) atoms. The Balaban J connectivity index is 1.28. The van der Waals surface area contributed by atoms with E-state index in [-0.39, 0.29) is 5.92 Å². The van der Waals surface area contributed by atoms with Gasteiger partial charge in [0.05, 0.1) is 52.1 Å². The molecule has 2 aliphatic rings. The zero-order valence-corrected chi connectivity index (χ0v) is 26.5. The van der Waals surface area contributed by atoms with E-state index in [0.29, 0.717) is 41.5 Å². The Kier molecular flexibility index (Phi) is 9.06. The van der Waals surface area contributed by atoms with Gasteiger partial charge in [-0.25, -0.2) is 36.5 Å². The average molecular weight is 670 g/mol. The van der Waals surface area contributed by atoms with E-state index in [4.69, 9.17) is 14.7 Å². The van der Waals surface area contributed by atoms with Crippen molar-refractivity contribution in [1.82, 2.24) is 9.97 Å². The summed E-state index contributed by atoms with van der Waals surface area (Å²) in [6.07, 6.45) is 3.25. The van der Waals surface area contributed by atoms with Gasteiger partial charge in [0.25, 0.3) is 10.0 Å². The molecule has 2 aromatic carbocycles. The van der Waals surface area contributed by atoms with E-state index in [2.05, 4.69) is 20.2 Å². The van der Waals surface area contributed by atoms with Gasteiger partial charge in [-0.3, -0.25) is 9.71 Å². The first kappa shape index (κ1) is 31.6. The van der Waals surface area contributed by atoms with Gasteiger partial charge < -0.3 is 15.0 Å². The van der Waals surface area contributed by atoms with Crippen molar-refractivity contribution >= 4 is 50.5 Å². The lowest BCUT2D eigenvalue weighted by Gasteiger charge is -2.27. The summed E-state index contributed by atoms with van der Waals surface area (Å²) in [6, 6.07) is 10.3. The van der Waals surface area contributed by atoms with Gasteiger partial charge in [0.15, 0.2) is 4.90 Å². The largest absolute Gasteiger partial charge is 0.378 e. The van der Waals surface area contributed by atoms with Crippen LogP contribution in [0, 0.1) is 17.5 Å². The van der Waals surface area contributed by atoms with Gasteiger partial charge in [-0.2, -0.15) is 0 Å². The zero-order chi connectivity index (χ0) is 32.4. The number of nitrogens with zero attached hydrogens (tertiary/aromatic N) is 5. The first-order chi connectivity index (χ1) is 22.1. The molecular formula is C31H30F3N7O3S2. The van der Waals surface area contributed by atoms with E-state index in [1.807, 2.05) is 30.7 Å². The Morgan fingerprint density at radius 1 is 1.02 bits per heavy atom. The molecule has 1 atom stereocenters. The van der Waals surface area contributed by atoms with Gasteiger partial charge in [0, 0.05) is 37.2 Å². The molecule has 0 aliphatic carbocycles. The fourth-order valence-electron chi connectivity index (χ4n) is 4.95. The number of pyridine rings is 1. The van der Waals surface area contributed by atoms with Crippen molar-refractivity contribution in [2.45, 2.75) is 37.4 Å². The maximum absolute atomic E-state index is 14.9. The minimum absolute atomic E-state index is 0.0581. The predicted octanol–water partition coefficient (Wildman–Crippen LogP) is 6.04. The standard InChI is InChI=1S/C31H30F3N7O3S2/c1-18(2)30-39-27(19-6-8-21(32)25(16-19)40-46(42,43)29-22(33)4-3-5-23(29)34)28(45-30)24-10-11-35-31(38-24)37-20-7-9-26(36-17-20)41-12-14-44-15-13-41/h3-9,11,16-18,31,37,40H,10,12-15H2,1-2H3. The highest BCUT2D eigenvalue weighted by atomic mass is 32.2. The number of hydrogen-bond acceptors (Lipinski definition) is 10. The van der Waals surface area contributed by atoms with Crippen LogP contribution in [0.15, 0.2) is 69.6 Å². The minimum atomic E-state index is -4.80. The highest BCUT2D eigenvalue weighted by Gasteiger charge is 2.27. The summed E-state index contributed by atoms with van der Waals surface area (Å²) >= 11 is 1.43. The topological polar surface area (TPSA) is 121 Å². The number of halogens is 3. The molecule has 0 saturated carbocycles. The molecule has 0 radical (unpaired) electrons. The second-order valence-electron chi connectivity index (χ2n) is 10.9. The Bertz CT molecular complexity index is 1890. The van der Waals surface area contributed by atoms with Crippen LogP contribution in [0.25, 0.3) is 11.3 Å². The normalized spacial score (nSPS) is 16.9. The summed E-state index contributed by atoms with van der Waals surface area (Å²) < 4.78 is 76.7. The lowest BCUT2D eigenvalue weighted by Crippen LogP contribution is -2.36. The monoisotopic (exact) mass is 669 g/mol. The summed E-state index contributed by atoms with van der Waals surface area (Å²) in [7, 11) is -4.80. The molecule has 15 heteroatoms. The van der Waals surface area contributed by atoms with Gasteiger partial charge in [-0.1, -0.05) is 19.9 Å². The molecule has 1 fully saturated rings. The SMILES string of the molecule is CC(C)c1nc(-c2ccc(F)c(NS(=O)(=O)c3c(F)cccc3F)c2)c(C2=NC(Nc3ccc(N4CCOCC4)nc3)N=CC2)s1. The third-order valence-corrected chi connectivity index (χ3v) is 10.1. The average Bonchev–Trinajstić information content (AvgIpc) is 3.49. The number of hydrogen-bond donors (Lipinski definition) is 2. The molecule has 6 rings (SSSR count). The summed E-state index contributed by atoms with van der Waals surface area (Å²) in [6.45, 7) is 6.86. The van der Waals surface area contributed by atoms with Crippen molar-refractivity contribution in [1.29, 1.82) is 0 Å². The van der Waals surface area contributed by atoms with E-state index < -0.39 is 44.3 Å². The van der Waals surface area contributed by atoms with Crippen LogP contribution in [0.5, 0.6) is 0 Å². The summed E-state index contributed by atoms with van der Waals surface area (Å²) in [5, 5.41) is 4.07. The molecule has 0 spiro atoms. The van der Waals surface area contributed by atoms with E-state index in [1.54, 1.807) is 12.4 Å². The van der Waals surface area contributed by atoms with Crippen LogP contribution < -0.4 is 14.9 Å². The number of benzene rings is 2. The van der Waals surface area contributed by atoms with Crippen LogP contribution in [-0.2, 0) is 14.8 Å². The van der Waals surface area contributed by atoms with Gasteiger partial charge in [0.1, 0.15) is 23.3 Å². The third kappa shape index (κ3) is 6.76. The van der Waals surface area contributed by atoms with Gasteiger partial charge in [-0.05, 0) is 42.5 Å². The number of aromatic nitrogens is 2. The molecular weight excluding hydrogens is 640 g/mol. The Morgan fingerprint density at radius 3 is 2.48 bits per heavy atom. The van der Waals surface area contributed by atoms with E-state index >= 15 is 0 Å². The van der Waals surface area contributed by atoms with Crippen molar-refractivity contribution in [3.8, 4) is 11.3 Å². The molecule has 0 bridgehead atoms. The number of morpholine rings is 1. The van der Waals surface area contributed by atoms with Gasteiger partial charge >= 0.3 is 0 Å². The maximum atomic E-state index is 14.9. The fourth-order valence-corrected chi connectivity index (χ4v) is 7.25. The molecule has 10 nitrogen and oxygen atoms in total. The second kappa shape index (κ2) is 13.2. The maximum Gasteiger partial charge on any atom is 0.267 e. The van der Waals surface area contributed by atoms with Crippen LogP contribution in [-0.4, -0.2) is 62.9 Å². The number of nitrogens with one attached hydrogen (secondary N) is 2. The number of ether oxygens (including phenoxy) is 1. The number of anilines is 3. The van der Waals surface area contributed by atoms with Crippen molar-refractivity contribution in [2.24, 2.45) is 9.98 Å². The molecule has 2 aliphatic heterocycles. The Morgan fingerprint density at radius 2 is 1.78 bits per heavy atom. The lowest BCUT2D eigenvalue weighted by atomic mass is 10.1. The van der Waals surface area contributed by atoms with Crippen LogP contribution in [0.4, 0.5) is 30.4 Å². The van der Waals surface area contributed by atoms with Gasteiger partial charge in [-0.15, -0.1) is 11.3 Å². The summed E-state index contributed by atoms with van der Waals surface area (Å²) in [5.41, 5.74) is 1.80. The van der Waals surface area contributed by atoms with Crippen LogP contribution in [0.2, 0.25) is 0 Å². The van der Waals surface area contributed by atoms with E-state index in [0.717, 1.165) is 53.9 Å². The first-order valence-corrected chi connectivity index (χ1v) is 16.8. The predicted molar refractivity (Wildman–Crippen MR) is 173 cm³/mol. The second-order valence-corrected chi connectivity index (χ2v) is 13.5. The molecule has 2 aromatic heterocycles. The number of thiazole rings is 1. The highest BCUT2D eigenvalue weighted by molar-refractivity contribution is 7.92. The third-order valence-electron chi connectivity index (χ3n) is 7.26. The Hall–Kier alpha value is -4.34. The first-order valence-electron chi connectivity index (χ1n) is 14.5. The van der Waals surface area contributed by atoms with Gasteiger partial charge in [0.2, 0.25) is 6.29 Å². The Labute approximate surface area is 268 Å².